The van der Waals surface area contributed by atoms with Crippen LogP contribution in [0.25, 0.3) is 0 Å². The third kappa shape index (κ3) is 3.69. The first-order chi connectivity index (χ1) is 7.58. The number of carbonyl (C=O) groups is 1. The predicted octanol–water partition coefficient (Wildman–Crippen LogP) is -2.07. The van der Waals surface area contributed by atoms with Gasteiger partial charge in [-0.2, -0.15) is 0 Å². The Labute approximate surface area is 84.9 Å². The minimum atomic E-state index is -1.71. The van der Waals surface area contributed by atoms with Crippen LogP contribution in [0.2, 0.25) is 0 Å². The monoisotopic (exact) mass is 210 g/mol. The molecule has 14 heavy (non-hydrogen) atoms. The molecule has 6 heteroatoms. The highest BCUT2D eigenvalue weighted by molar-refractivity contribution is 5.56. The van der Waals surface area contributed by atoms with E-state index in [0.29, 0.717) is 0 Å². The first-order valence-corrected chi connectivity index (χ1v) is 3.85. The van der Waals surface area contributed by atoms with E-state index in [1.165, 1.54) is 0 Å². The Morgan fingerprint density at radius 3 is 2.64 bits per heavy atom. The minimum Gasteiger partial charge on any atom is -0.388 e. The van der Waals surface area contributed by atoms with E-state index in [-0.39, 0.29) is 20.0 Å². The molecule has 84 valence electrons. The maximum Gasteiger partial charge on any atom is 0.151 e. The van der Waals surface area contributed by atoms with E-state index < -0.39 is 31.5 Å². The van der Waals surface area contributed by atoms with Gasteiger partial charge < -0.3 is 29.6 Å². The molecule has 0 unspecified atom stereocenters. The molecule has 0 aromatic heterocycles. The van der Waals surface area contributed by atoms with Crippen LogP contribution in [0.1, 0.15) is 2.74 Å². The van der Waals surface area contributed by atoms with Crippen LogP contribution in [0.3, 0.4) is 0 Å². The molecule has 0 spiro atoms. The minimum absolute atomic E-state index is 0.100. The highest BCUT2D eigenvalue weighted by Gasteiger charge is 2.31. The quantitative estimate of drug-likeness (QED) is 0.418. The molecule has 0 amide bonds. The number of ether oxygens (including phenoxy) is 2. The molecule has 0 aromatic carbocycles. The van der Waals surface area contributed by atoms with Crippen LogP contribution in [-0.4, -0.2) is 66.8 Å². The smallest absolute Gasteiger partial charge is 0.151 e. The zero-order chi connectivity index (χ0) is 12.6. The molecule has 4 atom stereocenters. The summed E-state index contributed by atoms with van der Waals surface area (Å²) in [5, 5.41) is 28.0. The summed E-state index contributed by atoms with van der Waals surface area (Å²) in [6, 6.07) is 0. The summed E-state index contributed by atoms with van der Waals surface area (Å²) in [5.41, 5.74) is 0. The summed E-state index contributed by atoms with van der Waals surface area (Å²) in [6.45, 7) is -0.295. The van der Waals surface area contributed by atoms with Crippen molar-refractivity contribution in [3.63, 3.8) is 0 Å². The van der Waals surface area contributed by atoms with Gasteiger partial charge in [-0.1, -0.05) is 0 Å². The zero-order valence-corrected chi connectivity index (χ0v) is 7.57. The largest absolute Gasteiger partial charge is 0.388 e. The van der Waals surface area contributed by atoms with E-state index in [2.05, 4.69) is 4.74 Å². The van der Waals surface area contributed by atoms with Crippen molar-refractivity contribution in [2.45, 2.75) is 24.4 Å². The van der Waals surface area contributed by atoms with Crippen LogP contribution < -0.4 is 0 Å². The van der Waals surface area contributed by atoms with Crippen LogP contribution in [-0.2, 0) is 14.3 Å². The van der Waals surface area contributed by atoms with Gasteiger partial charge in [-0.15, -0.1) is 0 Å². The fourth-order valence-electron chi connectivity index (χ4n) is 0.928. The molecular formula is C8H16O6. The van der Waals surface area contributed by atoms with Gasteiger partial charge in [0.05, 0.1) is 9.35 Å². The first-order valence-electron chi connectivity index (χ1n) is 5.27. The molecule has 0 aliphatic carbocycles. The molecular weight excluding hydrogens is 192 g/mol. The number of aliphatic hydroxyl groups excluding tert-OH is 3. The van der Waals surface area contributed by atoms with Crippen molar-refractivity contribution < 1.29 is 32.3 Å². The summed E-state index contributed by atoms with van der Waals surface area (Å²) in [4.78, 5) is 10.2. The van der Waals surface area contributed by atoms with Crippen LogP contribution >= 0.6 is 0 Å². The molecule has 0 fully saturated rings. The molecule has 0 aromatic rings. The van der Waals surface area contributed by atoms with Crippen LogP contribution in [0.5, 0.6) is 0 Å². The van der Waals surface area contributed by atoms with Gasteiger partial charge in [-0.05, 0) is 0 Å². The van der Waals surface area contributed by atoms with Crippen molar-refractivity contribution in [3.8, 4) is 0 Å². The van der Waals surface area contributed by atoms with Crippen molar-refractivity contribution in [3.05, 3.63) is 0 Å². The average Bonchev–Trinajstić information content (AvgIpc) is 2.30. The van der Waals surface area contributed by atoms with Crippen molar-refractivity contribution in [2.75, 3.05) is 20.8 Å². The van der Waals surface area contributed by atoms with E-state index in [1.54, 1.807) is 0 Å². The average molecular weight is 210 g/mol. The van der Waals surface area contributed by atoms with Crippen molar-refractivity contribution >= 4 is 6.29 Å². The predicted molar refractivity (Wildman–Crippen MR) is 46.8 cm³/mol. The van der Waals surface area contributed by atoms with Gasteiger partial charge in [-0.25, -0.2) is 0 Å². The number of hydrogen-bond donors (Lipinski definition) is 3. The molecule has 0 aliphatic heterocycles. The summed E-state index contributed by atoms with van der Waals surface area (Å²) < 4.78 is 22.8. The van der Waals surface area contributed by atoms with E-state index in [4.69, 9.17) is 12.6 Å². The van der Waals surface area contributed by atoms with E-state index in [1.807, 2.05) is 0 Å². The summed E-state index contributed by atoms with van der Waals surface area (Å²) >= 11 is 0. The van der Waals surface area contributed by atoms with Crippen molar-refractivity contribution in [1.82, 2.24) is 0 Å². The Hall–Kier alpha value is -0.530. The first kappa shape index (κ1) is 10.0. The second-order valence-electron chi connectivity index (χ2n) is 2.69. The Bertz CT molecular complexity index is 193. The van der Waals surface area contributed by atoms with Crippen LogP contribution in [0.4, 0.5) is 0 Å². The van der Waals surface area contributed by atoms with Gasteiger partial charge in [0, 0.05) is 14.2 Å². The Morgan fingerprint density at radius 1 is 1.43 bits per heavy atom. The van der Waals surface area contributed by atoms with Gasteiger partial charge in [0.1, 0.15) is 24.4 Å². The van der Waals surface area contributed by atoms with E-state index in [9.17, 15) is 15.0 Å². The number of methoxy groups -OCH3 is 2. The van der Waals surface area contributed by atoms with Crippen LogP contribution in [0, 0.1) is 0 Å². The summed E-state index contributed by atoms with van der Waals surface area (Å²) in [7, 11) is -0.928. The number of hydrogen-bond acceptors (Lipinski definition) is 6. The van der Waals surface area contributed by atoms with E-state index >= 15 is 0 Å². The fourth-order valence-corrected chi connectivity index (χ4v) is 0.928. The van der Waals surface area contributed by atoms with Gasteiger partial charge in [0.2, 0.25) is 0 Å². The maximum absolute atomic E-state index is 10.2. The number of aliphatic hydroxyl groups is 3. The van der Waals surface area contributed by atoms with Gasteiger partial charge in [0.15, 0.2) is 6.29 Å². The number of aldehydes is 1. The zero-order valence-electron chi connectivity index (χ0n) is 9.57. The topological polar surface area (TPSA) is 96.2 Å². The SMILES string of the molecule is [2H]COC[C@@H](O)[C@@H](OC[2H])[C@H](O)[C@@H](O)C=O. The Balaban J connectivity index is 4.38. The molecule has 6 nitrogen and oxygen atoms in total. The lowest BCUT2D eigenvalue weighted by Crippen LogP contribution is -2.47. The lowest BCUT2D eigenvalue weighted by atomic mass is 10.0. The third-order valence-electron chi connectivity index (χ3n) is 1.69. The van der Waals surface area contributed by atoms with E-state index in [0.717, 1.165) is 0 Å². The normalized spacial score (nSPS) is 21.6. The van der Waals surface area contributed by atoms with Crippen molar-refractivity contribution in [1.29, 1.82) is 0 Å². The molecule has 0 rings (SSSR count). The van der Waals surface area contributed by atoms with Gasteiger partial charge >= 0.3 is 0 Å². The standard InChI is InChI=1S/C8H16O6/c1-13-4-6(11)8(14-2)7(12)5(10)3-9/h3,5-8,10-12H,4H2,1-2H3/t5-,6+,7+,8+/m0/s1/i1D,2D. The highest BCUT2D eigenvalue weighted by atomic mass is 16.5. The molecule has 0 aliphatic rings. The van der Waals surface area contributed by atoms with Crippen LogP contribution in [0.15, 0.2) is 0 Å². The van der Waals surface area contributed by atoms with Gasteiger partial charge in [0.25, 0.3) is 0 Å². The second kappa shape index (κ2) is 6.86. The van der Waals surface area contributed by atoms with Gasteiger partial charge in [-0.3, -0.25) is 0 Å². The lowest BCUT2D eigenvalue weighted by Gasteiger charge is -2.26. The second-order valence-corrected chi connectivity index (χ2v) is 2.69. The molecule has 0 saturated carbocycles. The summed E-state index contributed by atoms with van der Waals surface area (Å²) in [5.74, 6) is 0. The molecule has 3 N–H and O–H groups in total. The Morgan fingerprint density at radius 2 is 2.14 bits per heavy atom. The summed E-state index contributed by atoms with van der Waals surface area (Å²) in [6.07, 6.45) is -5.90. The Kier molecular flexibility index (Phi) is 4.90. The third-order valence-corrected chi connectivity index (χ3v) is 1.69. The molecule has 0 bridgehead atoms. The number of carbonyl (C=O) groups excluding carboxylic acids is 1. The molecule has 0 radical (unpaired) electrons. The highest BCUT2D eigenvalue weighted by Crippen LogP contribution is 2.08. The lowest BCUT2D eigenvalue weighted by molar-refractivity contribution is -0.144. The molecule has 0 saturated heterocycles. The fraction of sp³-hybridized carbons (Fsp3) is 0.875. The number of rotatable bonds is 7. The van der Waals surface area contributed by atoms with Crippen molar-refractivity contribution in [2.24, 2.45) is 0 Å². The maximum atomic E-state index is 10.2. The molecule has 0 heterocycles.